The van der Waals surface area contributed by atoms with E-state index < -0.39 is 0 Å². The quantitative estimate of drug-likeness (QED) is 0.667. The molecule has 13 heavy (non-hydrogen) atoms. The average Bonchev–Trinajstić information content (AvgIpc) is 2.85. The normalized spacial score (nSPS) is 25.5. The van der Waals surface area contributed by atoms with Gasteiger partial charge in [0.25, 0.3) is 0 Å². The van der Waals surface area contributed by atoms with Crippen LogP contribution in [0.4, 0.5) is 0 Å². The van der Waals surface area contributed by atoms with Crippen molar-refractivity contribution in [3.63, 3.8) is 0 Å². The topological polar surface area (TPSA) is 15.3 Å². The fraction of sp³-hybridized carbons (Fsp3) is 0.889. The second-order valence-electron chi connectivity index (χ2n) is 4.09. The van der Waals surface area contributed by atoms with Gasteiger partial charge in [-0.3, -0.25) is 0 Å². The Morgan fingerprint density at radius 3 is 2.54 bits per heavy atom. The maximum atomic E-state index is 5.37. The summed E-state index contributed by atoms with van der Waals surface area (Å²) >= 11 is 7.39. The van der Waals surface area contributed by atoms with Gasteiger partial charge in [0.05, 0.1) is 0 Å². The van der Waals surface area contributed by atoms with E-state index in [-0.39, 0.29) is 0 Å². The minimum absolute atomic E-state index is 0.335. The summed E-state index contributed by atoms with van der Waals surface area (Å²) in [6.07, 6.45) is 2.55. The molecule has 2 aliphatic rings. The van der Waals surface area contributed by atoms with Gasteiger partial charge in [-0.1, -0.05) is 0 Å². The van der Waals surface area contributed by atoms with Crippen LogP contribution >= 0.6 is 24.0 Å². The first-order valence-electron chi connectivity index (χ1n) is 4.84. The van der Waals surface area contributed by atoms with E-state index in [9.17, 15) is 0 Å². The summed E-state index contributed by atoms with van der Waals surface area (Å²) in [5.41, 5.74) is 0.335. The van der Waals surface area contributed by atoms with Crippen LogP contribution in [-0.4, -0.2) is 40.1 Å². The Morgan fingerprint density at radius 2 is 2.00 bits per heavy atom. The molecular weight excluding hydrogens is 200 g/mol. The molecule has 0 bridgehead atoms. The predicted octanol–water partition coefficient (Wildman–Crippen LogP) is 1.46. The van der Waals surface area contributed by atoms with E-state index in [1.165, 1.54) is 24.3 Å². The van der Waals surface area contributed by atoms with Crippen molar-refractivity contribution in [2.24, 2.45) is 0 Å². The van der Waals surface area contributed by atoms with Crippen molar-refractivity contribution in [3.8, 4) is 0 Å². The van der Waals surface area contributed by atoms with Gasteiger partial charge in [0.15, 0.2) is 5.11 Å². The van der Waals surface area contributed by atoms with Gasteiger partial charge in [-0.05, 0) is 32.0 Å². The van der Waals surface area contributed by atoms with Gasteiger partial charge >= 0.3 is 0 Å². The fourth-order valence-electron chi connectivity index (χ4n) is 1.42. The Kier molecular flexibility index (Phi) is 2.70. The predicted molar refractivity (Wildman–Crippen MR) is 62.3 cm³/mol. The minimum atomic E-state index is 0.335. The van der Waals surface area contributed by atoms with E-state index in [4.69, 9.17) is 12.2 Å². The Morgan fingerprint density at radius 1 is 1.38 bits per heavy atom. The van der Waals surface area contributed by atoms with Crippen LogP contribution in [0.1, 0.15) is 19.8 Å². The molecule has 1 heterocycles. The Labute approximate surface area is 89.4 Å². The van der Waals surface area contributed by atoms with E-state index >= 15 is 0 Å². The molecule has 0 radical (unpaired) electrons. The minimum Gasteiger partial charge on any atom is -0.357 e. The molecule has 4 heteroatoms. The molecule has 1 saturated carbocycles. The van der Waals surface area contributed by atoms with E-state index in [0.29, 0.717) is 5.54 Å². The molecule has 0 atom stereocenters. The first kappa shape index (κ1) is 9.59. The molecular formula is C9H16N2S2. The molecule has 0 unspecified atom stereocenters. The molecule has 0 spiro atoms. The second kappa shape index (κ2) is 3.65. The Bertz CT molecular complexity index is 208. The molecule has 2 rings (SSSR count). The lowest BCUT2D eigenvalue weighted by molar-refractivity contribution is 0.442. The summed E-state index contributed by atoms with van der Waals surface area (Å²) in [7, 11) is 0. The zero-order valence-electron chi connectivity index (χ0n) is 8.01. The number of nitrogens with zero attached hydrogens (tertiary/aromatic N) is 1. The number of nitrogens with one attached hydrogen (secondary N) is 1. The third-order valence-corrected chi connectivity index (χ3v) is 4.01. The van der Waals surface area contributed by atoms with Crippen LogP contribution < -0.4 is 5.32 Å². The van der Waals surface area contributed by atoms with Crippen molar-refractivity contribution in [1.82, 2.24) is 10.2 Å². The number of hydrogen-bond donors (Lipinski definition) is 1. The Balaban J connectivity index is 1.81. The molecule has 2 fully saturated rings. The van der Waals surface area contributed by atoms with Crippen LogP contribution in [0.25, 0.3) is 0 Å². The molecule has 0 aromatic rings. The van der Waals surface area contributed by atoms with Crippen molar-refractivity contribution in [1.29, 1.82) is 0 Å². The number of thioether (sulfide) groups is 1. The third-order valence-electron chi connectivity index (χ3n) is 2.71. The van der Waals surface area contributed by atoms with Crippen molar-refractivity contribution in [2.75, 3.05) is 24.6 Å². The highest BCUT2D eigenvalue weighted by molar-refractivity contribution is 7.99. The van der Waals surface area contributed by atoms with Crippen molar-refractivity contribution < 1.29 is 0 Å². The van der Waals surface area contributed by atoms with Gasteiger partial charge in [-0.15, -0.1) is 0 Å². The van der Waals surface area contributed by atoms with Gasteiger partial charge in [0, 0.05) is 30.1 Å². The van der Waals surface area contributed by atoms with Gasteiger partial charge in [-0.25, -0.2) is 0 Å². The Hall–Kier alpha value is 0.0400. The van der Waals surface area contributed by atoms with Gasteiger partial charge < -0.3 is 10.2 Å². The maximum absolute atomic E-state index is 5.37. The van der Waals surface area contributed by atoms with Crippen LogP contribution in [0.2, 0.25) is 0 Å². The summed E-state index contributed by atoms with van der Waals surface area (Å²) in [5, 5.41) is 4.42. The molecule has 0 aromatic heterocycles. The lowest BCUT2D eigenvalue weighted by Crippen LogP contribution is -2.47. The third kappa shape index (κ3) is 2.50. The van der Waals surface area contributed by atoms with Crippen LogP contribution in [0.3, 0.4) is 0 Å². The van der Waals surface area contributed by atoms with Crippen LogP contribution in [0.15, 0.2) is 0 Å². The fourth-order valence-corrected chi connectivity index (χ4v) is 2.75. The van der Waals surface area contributed by atoms with Crippen molar-refractivity contribution in [2.45, 2.75) is 25.3 Å². The largest absolute Gasteiger partial charge is 0.357 e. The highest BCUT2D eigenvalue weighted by atomic mass is 32.2. The summed E-state index contributed by atoms with van der Waals surface area (Å²) < 4.78 is 0. The van der Waals surface area contributed by atoms with E-state index in [1.54, 1.807) is 0 Å². The van der Waals surface area contributed by atoms with Gasteiger partial charge in [0.1, 0.15) is 0 Å². The average molecular weight is 216 g/mol. The lowest BCUT2D eigenvalue weighted by atomic mass is 10.3. The molecule has 1 aliphatic carbocycles. The van der Waals surface area contributed by atoms with Crippen LogP contribution in [0.5, 0.6) is 0 Å². The van der Waals surface area contributed by atoms with Crippen LogP contribution in [-0.2, 0) is 0 Å². The standard InChI is InChI=1S/C9H16N2S2/c1-9(2-3-9)10-8(12)11-4-6-13-7-5-11/h2-7H2,1H3,(H,10,12). The summed E-state index contributed by atoms with van der Waals surface area (Å²) in [5.74, 6) is 2.44. The first-order valence-corrected chi connectivity index (χ1v) is 6.41. The molecule has 1 saturated heterocycles. The van der Waals surface area contributed by atoms with Crippen molar-refractivity contribution in [3.05, 3.63) is 0 Å². The lowest BCUT2D eigenvalue weighted by Gasteiger charge is -2.30. The van der Waals surface area contributed by atoms with E-state index in [2.05, 4.69) is 17.1 Å². The SMILES string of the molecule is CC1(NC(=S)N2CCSCC2)CC1. The molecule has 0 amide bonds. The first-order chi connectivity index (χ1) is 6.20. The van der Waals surface area contributed by atoms with Gasteiger partial charge in [0.2, 0.25) is 0 Å². The zero-order chi connectivity index (χ0) is 9.31. The maximum Gasteiger partial charge on any atom is 0.169 e. The van der Waals surface area contributed by atoms with E-state index in [1.807, 2.05) is 11.8 Å². The molecule has 1 aliphatic heterocycles. The summed E-state index contributed by atoms with van der Waals surface area (Å²) in [6, 6.07) is 0. The number of thiocarbonyl (C=S) groups is 1. The zero-order valence-corrected chi connectivity index (χ0v) is 9.64. The summed E-state index contributed by atoms with van der Waals surface area (Å²) in [4.78, 5) is 2.30. The molecule has 74 valence electrons. The number of rotatable bonds is 1. The molecule has 2 nitrogen and oxygen atoms in total. The smallest absolute Gasteiger partial charge is 0.169 e. The second-order valence-corrected chi connectivity index (χ2v) is 5.70. The molecule has 0 aromatic carbocycles. The van der Waals surface area contributed by atoms with Crippen molar-refractivity contribution >= 4 is 29.1 Å². The number of hydrogen-bond acceptors (Lipinski definition) is 2. The monoisotopic (exact) mass is 216 g/mol. The highest BCUT2D eigenvalue weighted by Gasteiger charge is 2.38. The van der Waals surface area contributed by atoms with Crippen LogP contribution in [0, 0.1) is 0 Å². The van der Waals surface area contributed by atoms with E-state index in [0.717, 1.165) is 18.2 Å². The summed E-state index contributed by atoms with van der Waals surface area (Å²) in [6.45, 7) is 4.48. The highest BCUT2D eigenvalue weighted by Crippen LogP contribution is 2.34. The van der Waals surface area contributed by atoms with Gasteiger partial charge in [-0.2, -0.15) is 11.8 Å². The molecule has 1 N–H and O–H groups in total.